The Bertz CT molecular complexity index is 812. The molecule has 142 valence electrons. The lowest BCUT2D eigenvalue weighted by atomic mass is 9.78. The Labute approximate surface area is 164 Å². The van der Waals surface area contributed by atoms with E-state index in [4.69, 9.17) is 13.8 Å². The zero-order valence-electron chi connectivity index (χ0n) is 16.3. The predicted molar refractivity (Wildman–Crippen MR) is 109 cm³/mol. The number of carbonyl (C=O) groups excluding carboxylic acids is 1. The molecule has 0 saturated carbocycles. The van der Waals surface area contributed by atoms with Gasteiger partial charge < -0.3 is 13.8 Å². The van der Waals surface area contributed by atoms with Gasteiger partial charge in [0.25, 0.3) is 0 Å². The molecule has 1 aromatic carbocycles. The van der Waals surface area contributed by atoms with Gasteiger partial charge in [0.1, 0.15) is 0 Å². The first kappa shape index (κ1) is 19.9. The third-order valence-corrected chi connectivity index (χ3v) is 5.87. The number of nitrogens with zero attached hydrogens (tertiary/aromatic N) is 1. The molecule has 1 fully saturated rings. The van der Waals surface area contributed by atoms with Crippen LogP contribution in [0.5, 0.6) is 0 Å². The molecule has 1 aliphatic heterocycles. The van der Waals surface area contributed by atoms with Crippen molar-refractivity contribution in [3.05, 3.63) is 47.6 Å². The van der Waals surface area contributed by atoms with Crippen LogP contribution in [0, 0.1) is 0 Å². The van der Waals surface area contributed by atoms with Crippen LogP contribution < -0.4 is 0 Å². The maximum atomic E-state index is 11.5. The number of hydrogen-bond acceptors (Lipinski definition) is 6. The Balaban J connectivity index is 1.85. The molecule has 0 spiro atoms. The van der Waals surface area contributed by atoms with E-state index < -0.39 is 18.3 Å². The summed E-state index contributed by atoms with van der Waals surface area (Å²) in [7, 11) is -0.476. The standard InChI is InChI=1S/C20H24BNO4S/c1-14(23)27-13-17(21-25-19(2,3)20(4,5)26-21)12-15-6-8-16(9-7-15)18-10-11-22-24-18/h6-12H,13H2,1-5H3. The summed E-state index contributed by atoms with van der Waals surface area (Å²) >= 11 is 1.26. The minimum atomic E-state index is -0.476. The van der Waals surface area contributed by atoms with Gasteiger partial charge in [-0.2, -0.15) is 0 Å². The molecule has 0 N–H and O–H groups in total. The summed E-state index contributed by atoms with van der Waals surface area (Å²) in [6.45, 7) is 9.66. The van der Waals surface area contributed by atoms with E-state index >= 15 is 0 Å². The summed E-state index contributed by atoms with van der Waals surface area (Å²) in [6.07, 6.45) is 3.65. The molecule has 0 bridgehead atoms. The highest BCUT2D eigenvalue weighted by atomic mass is 32.2. The summed E-state index contributed by atoms with van der Waals surface area (Å²) in [5.41, 5.74) is 2.05. The fraction of sp³-hybridized carbons (Fsp3) is 0.400. The fourth-order valence-electron chi connectivity index (χ4n) is 2.68. The Morgan fingerprint density at radius 3 is 2.26 bits per heavy atom. The van der Waals surface area contributed by atoms with Gasteiger partial charge in [-0.25, -0.2) is 0 Å². The first-order chi connectivity index (χ1) is 12.7. The number of carbonyl (C=O) groups is 1. The maximum absolute atomic E-state index is 11.5. The van der Waals surface area contributed by atoms with Crippen molar-refractivity contribution < 1.29 is 18.6 Å². The Hall–Kier alpha value is -1.83. The van der Waals surface area contributed by atoms with Crippen molar-refractivity contribution in [1.29, 1.82) is 0 Å². The third-order valence-electron chi connectivity index (χ3n) is 4.98. The second-order valence-corrected chi connectivity index (χ2v) is 8.74. The maximum Gasteiger partial charge on any atom is 0.491 e. The lowest BCUT2D eigenvalue weighted by Gasteiger charge is -2.32. The summed E-state index contributed by atoms with van der Waals surface area (Å²) < 4.78 is 17.5. The summed E-state index contributed by atoms with van der Waals surface area (Å²) in [4.78, 5) is 11.5. The molecule has 0 radical (unpaired) electrons. The largest absolute Gasteiger partial charge is 0.491 e. The smallest absolute Gasteiger partial charge is 0.400 e. The second-order valence-electron chi connectivity index (χ2n) is 7.59. The van der Waals surface area contributed by atoms with Crippen LogP contribution in [0.1, 0.15) is 40.2 Å². The van der Waals surface area contributed by atoms with Gasteiger partial charge in [-0.05, 0) is 38.7 Å². The zero-order valence-corrected chi connectivity index (χ0v) is 17.1. The van der Waals surface area contributed by atoms with Crippen LogP contribution in [0.2, 0.25) is 0 Å². The van der Waals surface area contributed by atoms with Gasteiger partial charge in [-0.15, -0.1) is 0 Å². The monoisotopic (exact) mass is 385 g/mol. The quantitative estimate of drug-likeness (QED) is 0.699. The van der Waals surface area contributed by atoms with E-state index in [0.717, 1.165) is 22.4 Å². The predicted octanol–water partition coefficient (Wildman–Crippen LogP) is 4.64. The van der Waals surface area contributed by atoms with Gasteiger partial charge in [0.15, 0.2) is 10.9 Å². The van der Waals surface area contributed by atoms with Crippen molar-refractivity contribution in [2.24, 2.45) is 0 Å². The molecule has 0 atom stereocenters. The van der Waals surface area contributed by atoms with Crippen molar-refractivity contribution in [2.75, 3.05) is 5.75 Å². The van der Waals surface area contributed by atoms with Gasteiger partial charge in [0, 0.05) is 24.3 Å². The van der Waals surface area contributed by atoms with Crippen LogP contribution >= 0.6 is 11.8 Å². The molecule has 2 aromatic rings. The highest BCUT2D eigenvalue weighted by Gasteiger charge is 2.52. The molecule has 1 saturated heterocycles. The highest BCUT2D eigenvalue weighted by Crippen LogP contribution is 2.39. The van der Waals surface area contributed by atoms with Crippen LogP contribution in [0.3, 0.4) is 0 Å². The molecule has 2 heterocycles. The molecule has 0 aliphatic carbocycles. The number of rotatable bonds is 5. The molecule has 7 heteroatoms. The average molecular weight is 385 g/mol. The molecule has 5 nitrogen and oxygen atoms in total. The first-order valence-corrected chi connectivity index (χ1v) is 9.87. The van der Waals surface area contributed by atoms with E-state index in [9.17, 15) is 4.79 Å². The Morgan fingerprint density at radius 1 is 1.11 bits per heavy atom. The van der Waals surface area contributed by atoms with Crippen LogP contribution in [-0.4, -0.2) is 34.3 Å². The van der Waals surface area contributed by atoms with E-state index in [1.165, 1.54) is 11.8 Å². The zero-order chi connectivity index (χ0) is 19.7. The van der Waals surface area contributed by atoms with E-state index in [-0.39, 0.29) is 5.12 Å². The molecule has 0 unspecified atom stereocenters. The van der Waals surface area contributed by atoms with E-state index in [1.807, 2.05) is 64.1 Å². The number of thioether (sulfide) groups is 1. The van der Waals surface area contributed by atoms with Crippen LogP contribution in [0.25, 0.3) is 17.4 Å². The van der Waals surface area contributed by atoms with Gasteiger partial charge in [0.05, 0.1) is 17.4 Å². The lowest BCUT2D eigenvalue weighted by molar-refractivity contribution is -0.109. The molecule has 27 heavy (non-hydrogen) atoms. The van der Waals surface area contributed by atoms with Crippen LogP contribution in [-0.2, 0) is 14.1 Å². The second kappa shape index (κ2) is 7.66. The van der Waals surface area contributed by atoms with Gasteiger partial charge in [-0.3, -0.25) is 4.79 Å². The summed E-state index contributed by atoms with van der Waals surface area (Å²) in [5.74, 6) is 1.25. The number of aromatic nitrogens is 1. The Kier molecular flexibility index (Phi) is 5.65. The average Bonchev–Trinajstić information content (AvgIpc) is 3.18. The van der Waals surface area contributed by atoms with Gasteiger partial charge in [-0.1, -0.05) is 47.3 Å². The first-order valence-electron chi connectivity index (χ1n) is 8.88. The summed E-state index contributed by atoms with van der Waals surface area (Å²) in [5, 5.41) is 3.80. The van der Waals surface area contributed by atoms with Crippen molar-refractivity contribution in [1.82, 2.24) is 5.16 Å². The minimum absolute atomic E-state index is 0.0677. The van der Waals surface area contributed by atoms with Crippen molar-refractivity contribution in [3.63, 3.8) is 0 Å². The van der Waals surface area contributed by atoms with Crippen molar-refractivity contribution >= 4 is 30.1 Å². The number of benzene rings is 1. The summed E-state index contributed by atoms with van der Waals surface area (Å²) in [6, 6.07) is 9.78. The lowest BCUT2D eigenvalue weighted by Crippen LogP contribution is -2.41. The fourth-order valence-corrected chi connectivity index (χ4v) is 3.27. The molecule has 1 aromatic heterocycles. The molecule has 3 rings (SSSR count). The molecule has 1 aliphatic rings. The van der Waals surface area contributed by atoms with Crippen LogP contribution in [0.4, 0.5) is 0 Å². The van der Waals surface area contributed by atoms with E-state index in [2.05, 4.69) is 5.16 Å². The molecular weight excluding hydrogens is 361 g/mol. The topological polar surface area (TPSA) is 61.6 Å². The SMILES string of the molecule is CC(=O)SCC(=Cc1ccc(-c2ccno2)cc1)B1OC(C)(C)C(C)(C)O1. The van der Waals surface area contributed by atoms with E-state index in [1.54, 1.807) is 13.1 Å². The minimum Gasteiger partial charge on any atom is -0.400 e. The van der Waals surface area contributed by atoms with E-state index in [0.29, 0.717) is 5.75 Å². The van der Waals surface area contributed by atoms with Gasteiger partial charge in [0.2, 0.25) is 0 Å². The normalized spacial score (nSPS) is 18.7. The van der Waals surface area contributed by atoms with Gasteiger partial charge >= 0.3 is 7.12 Å². The number of hydrogen-bond donors (Lipinski definition) is 0. The van der Waals surface area contributed by atoms with Crippen molar-refractivity contribution in [3.8, 4) is 11.3 Å². The third kappa shape index (κ3) is 4.54. The molecule has 0 amide bonds. The Morgan fingerprint density at radius 2 is 1.74 bits per heavy atom. The molecular formula is C20H24BNO4S. The highest BCUT2D eigenvalue weighted by molar-refractivity contribution is 8.13. The van der Waals surface area contributed by atoms with Crippen LogP contribution in [0.15, 0.2) is 46.5 Å². The van der Waals surface area contributed by atoms with Crippen molar-refractivity contribution in [2.45, 2.75) is 45.8 Å².